The van der Waals surface area contributed by atoms with E-state index in [0.717, 1.165) is 11.8 Å². The number of nitrogens with zero attached hydrogens (tertiary/aromatic N) is 1. The van der Waals surface area contributed by atoms with Crippen LogP contribution in [-0.2, 0) is 27.7 Å². The molecule has 0 bridgehead atoms. The summed E-state index contributed by atoms with van der Waals surface area (Å²) in [5.41, 5.74) is 3.42. The first-order valence-electron chi connectivity index (χ1n) is 12.6. The van der Waals surface area contributed by atoms with Gasteiger partial charge in [-0.2, -0.15) is 0 Å². The molecule has 0 saturated carbocycles. The summed E-state index contributed by atoms with van der Waals surface area (Å²) in [4.78, 5) is 32.3. The zero-order valence-corrected chi connectivity index (χ0v) is 24.9. The van der Waals surface area contributed by atoms with E-state index in [1.54, 1.807) is 36.4 Å². The van der Waals surface area contributed by atoms with Crippen LogP contribution in [0.3, 0.4) is 0 Å². The quantitative estimate of drug-likeness (QED) is 0.151. The first-order chi connectivity index (χ1) is 20.0. The molecule has 5 N–H and O–H groups in total. The van der Waals surface area contributed by atoms with Crippen molar-refractivity contribution in [3.63, 3.8) is 0 Å². The normalized spacial score (nSPS) is 11.8. The van der Waals surface area contributed by atoms with Crippen molar-refractivity contribution in [1.82, 2.24) is 20.6 Å². The van der Waals surface area contributed by atoms with Crippen LogP contribution in [0.1, 0.15) is 23.0 Å². The van der Waals surface area contributed by atoms with Gasteiger partial charge in [-0.05, 0) is 47.9 Å². The van der Waals surface area contributed by atoms with Gasteiger partial charge in [0.2, 0.25) is 10.0 Å². The van der Waals surface area contributed by atoms with Crippen molar-refractivity contribution in [2.75, 3.05) is 23.4 Å². The Hall–Kier alpha value is -4.26. The minimum absolute atomic E-state index is 0.00156. The lowest BCUT2D eigenvalue weighted by Crippen LogP contribution is -2.39. The Morgan fingerprint density at radius 1 is 1.02 bits per heavy atom. The first-order valence-corrected chi connectivity index (χ1v) is 15.2. The Kier molecular flexibility index (Phi) is 9.94. The summed E-state index contributed by atoms with van der Waals surface area (Å²) in [7, 11) is -2.27. The van der Waals surface area contributed by atoms with Gasteiger partial charge < -0.3 is 20.4 Å². The van der Waals surface area contributed by atoms with Crippen molar-refractivity contribution in [2.45, 2.75) is 19.0 Å². The van der Waals surface area contributed by atoms with E-state index in [4.69, 9.17) is 23.2 Å². The standard InChI is InChI=1S/C28H28Cl2N6O5S/c1-41-28(38)32-21-11-8-18(9-12-21)24-25(30)35-26(34-24)23(14-17-6-4-3-5-7-17)33-27(37)31-16-19-15-20(29)10-13-22(19)36-42(2,39)40/h3-13,15,23,36H,14,16H2,1-2H3,(H,32,38)(H,34,35)(H2,31,33,37)/t23-/m0/s1. The molecule has 14 heteroatoms. The topological polar surface area (TPSA) is 154 Å². The number of methoxy groups -OCH3 is 1. The number of nitrogens with one attached hydrogen (secondary N) is 5. The number of benzene rings is 3. The molecule has 11 nitrogen and oxygen atoms in total. The number of carbonyl (C=O) groups excluding carboxylic acids is 2. The minimum Gasteiger partial charge on any atom is -0.453 e. The molecular formula is C28H28Cl2N6O5S. The van der Waals surface area contributed by atoms with Crippen LogP contribution in [0.5, 0.6) is 0 Å². The van der Waals surface area contributed by atoms with Crippen molar-refractivity contribution in [3.8, 4) is 11.3 Å². The lowest BCUT2D eigenvalue weighted by Gasteiger charge is -2.18. The highest BCUT2D eigenvalue weighted by atomic mass is 35.5. The highest BCUT2D eigenvalue weighted by Gasteiger charge is 2.22. The van der Waals surface area contributed by atoms with Crippen LogP contribution in [0.25, 0.3) is 11.3 Å². The zero-order valence-electron chi connectivity index (χ0n) is 22.6. The number of urea groups is 1. The van der Waals surface area contributed by atoms with E-state index >= 15 is 0 Å². The third kappa shape index (κ3) is 8.62. The second-order valence-electron chi connectivity index (χ2n) is 9.22. The van der Waals surface area contributed by atoms with Gasteiger partial charge in [0.1, 0.15) is 16.7 Å². The van der Waals surface area contributed by atoms with Gasteiger partial charge in [-0.25, -0.2) is 23.0 Å². The number of anilines is 2. The van der Waals surface area contributed by atoms with Crippen LogP contribution >= 0.6 is 23.2 Å². The average molecular weight is 632 g/mol. The largest absolute Gasteiger partial charge is 0.453 e. The maximum Gasteiger partial charge on any atom is 0.411 e. The Balaban J connectivity index is 1.54. The van der Waals surface area contributed by atoms with Gasteiger partial charge in [-0.1, -0.05) is 65.7 Å². The Morgan fingerprint density at radius 2 is 1.74 bits per heavy atom. The molecule has 0 aliphatic rings. The third-order valence-corrected chi connectivity index (χ3v) is 7.09. The zero-order chi connectivity index (χ0) is 30.3. The predicted molar refractivity (Wildman–Crippen MR) is 163 cm³/mol. The molecule has 1 aromatic heterocycles. The summed E-state index contributed by atoms with van der Waals surface area (Å²) in [5, 5.41) is 8.93. The SMILES string of the molecule is COC(=O)Nc1ccc(-c2nc([C@H](Cc3ccccc3)NC(=O)NCc3cc(Cl)ccc3NS(C)(=O)=O)[nH]c2Cl)cc1. The predicted octanol–water partition coefficient (Wildman–Crippen LogP) is 5.72. The molecule has 4 rings (SSSR count). The van der Waals surface area contributed by atoms with E-state index in [-0.39, 0.29) is 11.7 Å². The number of hydrogen-bond acceptors (Lipinski definition) is 6. The molecular weight excluding hydrogens is 603 g/mol. The second-order valence-corrected chi connectivity index (χ2v) is 11.8. The van der Waals surface area contributed by atoms with Gasteiger partial charge >= 0.3 is 12.1 Å². The fraction of sp³-hybridized carbons (Fsp3) is 0.179. The van der Waals surface area contributed by atoms with Crippen molar-refractivity contribution in [1.29, 1.82) is 0 Å². The molecule has 42 heavy (non-hydrogen) atoms. The van der Waals surface area contributed by atoms with Gasteiger partial charge in [0, 0.05) is 22.8 Å². The highest BCUT2D eigenvalue weighted by molar-refractivity contribution is 7.92. The summed E-state index contributed by atoms with van der Waals surface area (Å²) in [6.45, 7) is -0.00156. The van der Waals surface area contributed by atoms with E-state index in [1.807, 2.05) is 30.3 Å². The number of aromatic nitrogens is 2. The van der Waals surface area contributed by atoms with Gasteiger partial charge in [0.15, 0.2) is 0 Å². The Labute approximate surface area is 253 Å². The number of rotatable bonds is 10. The van der Waals surface area contributed by atoms with Crippen LogP contribution in [-0.4, -0.2) is 43.9 Å². The van der Waals surface area contributed by atoms with Crippen molar-refractivity contribution >= 4 is 56.7 Å². The van der Waals surface area contributed by atoms with Gasteiger partial charge in [0.25, 0.3) is 0 Å². The lowest BCUT2D eigenvalue weighted by atomic mass is 10.1. The summed E-state index contributed by atoms with van der Waals surface area (Å²) >= 11 is 12.6. The third-order valence-electron chi connectivity index (χ3n) is 5.99. The fourth-order valence-corrected chi connectivity index (χ4v) is 5.11. The maximum absolute atomic E-state index is 13.1. The van der Waals surface area contributed by atoms with Gasteiger partial charge in [0.05, 0.1) is 25.1 Å². The lowest BCUT2D eigenvalue weighted by molar-refractivity contribution is 0.187. The molecule has 0 spiro atoms. The molecule has 0 aliphatic heterocycles. The first kappa shape index (κ1) is 30.7. The summed E-state index contributed by atoms with van der Waals surface area (Å²) < 4.78 is 30.6. The number of hydrogen-bond donors (Lipinski definition) is 5. The van der Waals surface area contributed by atoms with E-state index in [1.165, 1.54) is 13.2 Å². The molecule has 3 amide bonds. The number of sulfonamides is 1. The summed E-state index contributed by atoms with van der Waals surface area (Å²) in [6, 6.07) is 19.9. The van der Waals surface area contributed by atoms with E-state index in [2.05, 4.69) is 35.4 Å². The Bertz CT molecular complexity index is 1660. The number of H-pyrrole nitrogens is 1. The Morgan fingerprint density at radius 3 is 2.40 bits per heavy atom. The average Bonchev–Trinajstić information content (AvgIpc) is 3.34. The van der Waals surface area contributed by atoms with E-state index in [9.17, 15) is 18.0 Å². The molecule has 1 atom stereocenters. The van der Waals surface area contributed by atoms with Gasteiger partial charge in [-0.3, -0.25) is 10.0 Å². The molecule has 1 heterocycles. The molecule has 0 unspecified atom stereocenters. The van der Waals surface area contributed by atoms with Gasteiger partial charge in [-0.15, -0.1) is 0 Å². The van der Waals surface area contributed by atoms with Crippen LogP contribution in [0, 0.1) is 0 Å². The number of carbonyl (C=O) groups is 2. The summed E-state index contributed by atoms with van der Waals surface area (Å²) in [6.07, 6.45) is 0.849. The summed E-state index contributed by atoms with van der Waals surface area (Å²) in [5.74, 6) is 0.424. The molecule has 4 aromatic rings. The monoisotopic (exact) mass is 630 g/mol. The molecule has 3 aromatic carbocycles. The van der Waals surface area contributed by atoms with Crippen molar-refractivity contribution < 1.29 is 22.7 Å². The smallest absolute Gasteiger partial charge is 0.411 e. The molecule has 0 fully saturated rings. The van der Waals surface area contributed by atoms with Crippen LogP contribution in [0.15, 0.2) is 72.8 Å². The molecule has 0 saturated heterocycles. The fourth-order valence-electron chi connectivity index (χ4n) is 4.06. The van der Waals surface area contributed by atoms with Crippen molar-refractivity contribution in [2.24, 2.45) is 0 Å². The minimum atomic E-state index is -3.54. The van der Waals surface area contributed by atoms with Crippen LogP contribution in [0.2, 0.25) is 10.2 Å². The molecule has 220 valence electrons. The highest BCUT2D eigenvalue weighted by Crippen LogP contribution is 2.29. The number of amides is 3. The van der Waals surface area contributed by atoms with Crippen LogP contribution in [0.4, 0.5) is 21.0 Å². The number of aromatic amines is 1. The molecule has 0 aliphatic carbocycles. The molecule has 0 radical (unpaired) electrons. The van der Waals surface area contributed by atoms with E-state index < -0.39 is 28.2 Å². The number of imidazole rings is 1. The second kappa shape index (κ2) is 13.6. The number of halogens is 2. The number of ether oxygens (including phenoxy) is 1. The van der Waals surface area contributed by atoms with E-state index in [0.29, 0.717) is 45.5 Å². The van der Waals surface area contributed by atoms with Crippen LogP contribution < -0.4 is 20.7 Å². The maximum atomic E-state index is 13.1. The van der Waals surface area contributed by atoms with Crippen molar-refractivity contribution in [3.05, 3.63) is 99.9 Å².